The summed E-state index contributed by atoms with van der Waals surface area (Å²) in [6.45, 7) is 4.35. The minimum absolute atomic E-state index is 0.00810. The average molecular weight is 238 g/mol. The van der Waals surface area contributed by atoms with Gasteiger partial charge in [0.25, 0.3) is 5.91 Å². The van der Waals surface area contributed by atoms with Gasteiger partial charge in [-0.1, -0.05) is 0 Å². The molecule has 1 aromatic heterocycles. The van der Waals surface area contributed by atoms with E-state index < -0.39 is 0 Å². The molecule has 1 amide bonds. The first kappa shape index (κ1) is 12.1. The molecule has 1 aromatic rings. The molecule has 1 fully saturated rings. The molecule has 1 N–H and O–H groups in total. The topological polar surface area (TPSA) is 54.7 Å². The summed E-state index contributed by atoms with van der Waals surface area (Å²) in [6, 6.07) is 3.78. The SMILES string of the molecule is Cc1ccc(CN(C)C(=O)[C@@H]2CNCCO2)o1. The highest BCUT2D eigenvalue weighted by Crippen LogP contribution is 2.10. The van der Waals surface area contributed by atoms with Crippen molar-refractivity contribution in [2.45, 2.75) is 19.6 Å². The minimum atomic E-state index is -0.371. The second-order valence-corrected chi connectivity index (χ2v) is 4.27. The maximum atomic E-state index is 12.0. The van der Waals surface area contributed by atoms with E-state index in [0.29, 0.717) is 19.7 Å². The van der Waals surface area contributed by atoms with Gasteiger partial charge in [-0.2, -0.15) is 0 Å². The van der Waals surface area contributed by atoms with Gasteiger partial charge in [-0.25, -0.2) is 0 Å². The molecule has 0 unspecified atom stereocenters. The lowest BCUT2D eigenvalue weighted by Gasteiger charge is -2.26. The van der Waals surface area contributed by atoms with E-state index in [2.05, 4.69) is 5.32 Å². The summed E-state index contributed by atoms with van der Waals surface area (Å²) in [6.07, 6.45) is -0.371. The van der Waals surface area contributed by atoms with Crippen molar-refractivity contribution in [1.29, 1.82) is 0 Å². The zero-order valence-corrected chi connectivity index (χ0v) is 10.2. The number of nitrogens with zero attached hydrogens (tertiary/aromatic N) is 1. The van der Waals surface area contributed by atoms with Gasteiger partial charge in [0, 0.05) is 20.1 Å². The molecule has 5 heteroatoms. The summed E-state index contributed by atoms with van der Waals surface area (Å²) in [4.78, 5) is 13.7. The van der Waals surface area contributed by atoms with Crippen LogP contribution in [0.2, 0.25) is 0 Å². The van der Waals surface area contributed by atoms with E-state index in [1.807, 2.05) is 19.1 Å². The quantitative estimate of drug-likeness (QED) is 0.835. The molecule has 94 valence electrons. The molecule has 5 nitrogen and oxygen atoms in total. The van der Waals surface area contributed by atoms with Gasteiger partial charge >= 0.3 is 0 Å². The Morgan fingerprint density at radius 1 is 1.59 bits per heavy atom. The smallest absolute Gasteiger partial charge is 0.253 e. The number of carbonyl (C=O) groups excluding carboxylic acids is 1. The molecule has 2 heterocycles. The van der Waals surface area contributed by atoms with Crippen LogP contribution in [0.5, 0.6) is 0 Å². The molecular weight excluding hydrogens is 220 g/mol. The highest BCUT2D eigenvalue weighted by molar-refractivity contribution is 5.81. The summed E-state index contributed by atoms with van der Waals surface area (Å²) in [5.74, 6) is 1.64. The fourth-order valence-electron chi connectivity index (χ4n) is 1.85. The number of carbonyl (C=O) groups is 1. The normalized spacial score (nSPS) is 20.2. The van der Waals surface area contributed by atoms with E-state index >= 15 is 0 Å². The molecule has 1 aliphatic rings. The molecule has 1 saturated heterocycles. The molecule has 17 heavy (non-hydrogen) atoms. The van der Waals surface area contributed by atoms with Crippen LogP contribution in [-0.2, 0) is 16.1 Å². The fraction of sp³-hybridized carbons (Fsp3) is 0.583. The minimum Gasteiger partial charge on any atom is -0.464 e. The third kappa shape index (κ3) is 3.08. The van der Waals surface area contributed by atoms with E-state index in [4.69, 9.17) is 9.15 Å². The van der Waals surface area contributed by atoms with Crippen LogP contribution < -0.4 is 5.32 Å². The number of morpholine rings is 1. The summed E-state index contributed by atoms with van der Waals surface area (Å²) < 4.78 is 10.9. The van der Waals surface area contributed by atoms with Gasteiger partial charge in [0.05, 0.1) is 13.2 Å². The van der Waals surface area contributed by atoms with Gasteiger partial charge in [0.1, 0.15) is 17.6 Å². The molecule has 0 bridgehead atoms. The third-order valence-corrected chi connectivity index (χ3v) is 2.77. The Labute approximate surface area is 101 Å². The van der Waals surface area contributed by atoms with Crippen molar-refractivity contribution in [3.8, 4) is 0 Å². The molecular formula is C12H18N2O3. The lowest BCUT2D eigenvalue weighted by Crippen LogP contribution is -2.48. The van der Waals surface area contributed by atoms with Gasteiger partial charge in [-0.05, 0) is 19.1 Å². The van der Waals surface area contributed by atoms with Gasteiger partial charge in [-0.15, -0.1) is 0 Å². The number of furan rings is 1. The largest absolute Gasteiger partial charge is 0.464 e. The number of hydrogen-bond acceptors (Lipinski definition) is 4. The van der Waals surface area contributed by atoms with Crippen LogP contribution in [0, 0.1) is 6.92 Å². The molecule has 0 saturated carbocycles. The maximum absolute atomic E-state index is 12.0. The van der Waals surface area contributed by atoms with Gasteiger partial charge in [0.2, 0.25) is 0 Å². The van der Waals surface area contributed by atoms with Crippen molar-refractivity contribution in [1.82, 2.24) is 10.2 Å². The zero-order chi connectivity index (χ0) is 12.3. The predicted molar refractivity (Wildman–Crippen MR) is 62.5 cm³/mol. The lowest BCUT2D eigenvalue weighted by molar-refractivity contribution is -0.144. The second kappa shape index (κ2) is 5.33. The van der Waals surface area contributed by atoms with Crippen LogP contribution >= 0.6 is 0 Å². The van der Waals surface area contributed by atoms with Crippen LogP contribution in [0.4, 0.5) is 0 Å². The van der Waals surface area contributed by atoms with Crippen molar-refractivity contribution in [3.05, 3.63) is 23.7 Å². The van der Waals surface area contributed by atoms with E-state index in [1.165, 1.54) is 0 Å². The summed E-state index contributed by atoms with van der Waals surface area (Å²) in [5, 5.41) is 3.14. The standard InChI is InChI=1S/C12H18N2O3/c1-9-3-4-10(17-9)8-14(2)12(15)11-7-13-5-6-16-11/h3-4,11,13H,5-8H2,1-2H3/t11-/m0/s1. The first-order valence-electron chi connectivity index (χ1n) is 5.79. The van der Waals surface area contributed by atoms with Gasteiger partial charge < -0.3 is 19.4 Å². The summed E-state index contributed by atoms with van der Waals surface area (Å²) in [5.41, 5.74) is 0. The maximum Gasteiger partial charge on any atom is 0.253 e. The Kier molecular flexibility index (Phi) is 3.81. The Bertz CT molecular complexity index is 383. The molecule has 1 atom stereocenters. The third-order valence-electron chi connectivity index (χ3n) is 2.77. The first-order valence-corrected chi connectivity index (χ1v) is 5.79. The first-order chi connectivity index (χ1) is 8.16. The van der Waals surface area contributed by atoms with E-state index in [0.717, 1.165) is 18.1 Å². The van der Waals surface area contributed by atoms with Crippen molar-refractivity contribution in [3.63, 3.8) is 0 Å². The molecule has 2 rings (SSSR count). The predicted octanol–water partition coefficient (Wildman–Crippen LogP) is 0.535. The summed E-state index contributed by atoms with van der Waals surface area (Å²) in [7, 11) is 1.76. The number of nitrogens with one attached hydrogen (secondary N) is 1. The summed E-state index contributed by atoms with van der Waals surface area (Å²) >= 11 is 0. The van der Waals surface area contributed by atoms with Crippen molar-refractivity contribution < 1.29 is 13.9 Å². The Morgan fingerprint density at radius 3 is 3.00 bits per heavy atom. The molecule has 1 aliphatic heterocycles. The zero-order valence-electron chi connectivity index (χ0n) is 10.2. The number of rotatable bonds is 3. The monoisotopic (exact) mass is 238 g/mol. The Morgan fingerprint density at radius 2 is 2.41 bits per heavy atom. The van der Waals surface area contributed by atoms with E-state index in [9.17, 15) is 4.79 Å². The number of hydrogen-bond donors (Lipinski definition) is 1. The van der Waals surface area contributed by atoms with Crippen molar-refractivity contribution >= 4 is 5.91 Å². The van der Waals surface area contributed by atoms with Crippen molar-refractivity contribution in [2.24, 2.45) is 0 Å². The molecule has 0 aromatic carbocycles. The van der Waals surface area contributed by atoms with Gasteiger partial charge in [-0.3, -0.25) is 4.79 Å². The second-order valence-electron chi connectivity index (χ2n) is 4.27. The molecule has 0 spiro atoms. The van der Waals surface area contributed by atoms with Gasteiger partial charge in [0.15, 0.2) is 0 Å². The number of aryl methyl sites for hydroxylation is 1. The van der Waals surface area contributed by atoms with E-state index in [1.54, 1.807) is 11.9 Å². The number of amides is 1. The highest BCUT2D eigenvalue weighted by atomic mass is 16.5. The van der Waals surface area contributed by atoms with Crippen LogP contribution in [0.1, 0.15) is 11.5 Å². The Balaban J connectivity index is 1.90. The van der Waals surface area contributed by atoms with E-state index in [-0.39, 0.29) is 12.0 Å². The van der Waals surface area contributed by atoms with Crippen LogP contribution in [-0.4, -0.2) is 43.7 Å². The van der Waals surface area contributed by atoms with Crippen molar-refractivity contribution in [2.75, 3.05) is 26.7 Å². The van der Waals surface area contributed by atoms with Crippen LogP contribution in [0.25, 0.3) is 0 Å². The number of ether oxygens (including phenoxy) is 1. The average Bonchev–Trinajstić information content (AvgIpc) is 2.75. The van der Waals surface area contributed by atoms with Crippen LogP contribution in [0.15, 0.2) is 16.5 Å². The highest BCUT2D eigenvalue weighted by Gasteiger charge is 2.25. The van der Waals surface area contributed by atoms with Crippen LogP contribution in [0.3, 0.4) is 0 Å². The lowest BCUT2D eigenvalue weighted by atomic mass is 10.2. The molecule has 0 aliphatic carbocycles. The molecule has 0 radical (unpaired) electrons. The fourth-order valence-corrected chi connectivity index (χ4v) is 1.85. The number of likely N-dealkylation sites (N-methyl/N-ethyl adjacent to an activating group) is 1. The Hall–Kier alpha value is -1.33.